The summed E-state index contributed by atoms with van der Waals surface area (Å²) in [7, 11) is 3.20. The van der Waals surface area contributed by atoms with Crippen molar-refractivity contribution in [2.75, 3.05) is 20.0 Å². The van der Waals surface area contributed by atoms with E-state index >= 15 is 0 Å². The van der Waals surface area contributed by atoms with E-state index in [-0.39, 0.29) is 17.3 Å². The van der Waals surface area contributed by atoms with Gasteiger partial charge in [0.25, 0.3) is 11.6 Å². The number of nitrogens with one attached hydrogen (secondary N) is 1. The highest BCUT2D eigenvalue weighted by Gasteiger charge is 2.18. The summed E-state index contributed by atoms with van der Waals surface area (Å²) in [5.41, 5.74) is 5.31. The van der Waals surface area contributed by atoms with E-state index in [4.69, 9.17) is 9.47 Å². The number of nitrogens with zero attached hydrogens (tertiary/aromatic N) is 5. The predicted octanol–water partition coefficient (Wildman–Crippen LogP) is 4.49. The van der Waals surface area contributed by atoms with E-state index in [0.29, 0.717) is 28.0 Å². The van der Waals surface area contributed by atoms with E-state index in [9.17, 15) is 14.9 Å². The molecule has 3 aromatic carbocycles. The summed E-state index contributed by atoms with van der Waals surface area (Å²) in [4.78, 5) is 22.9. The lowest BCUT2D eigenvalue weighted by Crippen LogP contribution is -2.21. The third-order valence-corrected chi connectivity index (χ3v) is 6.42. The first-order valence-corrected chi connectivity index (χ1v) is 12.3. The molecular formula is C26H24N6O5S. The molecule has 0 radical (unpaired) electrons. The summed E-state index contributed by atoms with van der Waals surface area (Å²) in [5, 5.41) is 24.2. The van der Waals surface area contributed by atoms with Crippen molar-refractivity contribution in [3.05, 3.63) is 88.5 Å². The zero-order valence-electron chi connectivity index (χ0n) is 20.8. The fourth-order valence-electron chi connectivity index (χ4n) is 3.45. The number of rotatable bonds is 10. The quantitative estimate of drug-likeness (QED) is 0.137. The SMILES string of the molecule is COc1ccc(-c2nnc(SCC(=O)NN=C(C)c3ccc([N+](=O)[O-])cc3)n2-c2ccc(OC)cc2)cc1. The van der Waals surface area contributed by atoms with Crippen LogP contribution in [0.5, 0.6) is 11.5 Å². The summed E-state index contributed by atoms with van der Waals surface area (Å²) in [6.45, 7) is 1.70. The number of thioether (sulfide) groups is 1. The van der Waals surface area contributed by atoms with Gasteiger partial charge in [-0.15, -0.1) is 10.2 Å². The highest BCUT2D eigenvalue weighted by atomic mass is 32.2. The second-order valence-electron chi connectivity index (χ2n) is 7.89. The molecule has 0 fully saturated rings. The van der Waals surface area contributed by atoms with Crippen LogP contribution in [0, 0.1) is 10.1 Å². The monoisotopic (exact) mass is 532 g/mol. The minimum Gasteiger partial charge on any atom is -0.497 e. The van der Waals surface area contributed by atoms with E-state index < -0.39 is 4.92 Å². The Morgan fingerprint density at radius 1 is 0.974 bits per heavy atom. The molecule has 0 saturated carbocycles. The smallest absolute Gasteiger partial charge is 0.269 e. The van der Waals surface area contributed by atoms with Gasteiger partial charge in [-0.1, -0.05) is 11.8 Å². The van der Waals surface area contributed by atoms with E-state index in [1.54, 1.807) is 33.3 Å². The summed E-state index contributed by atoms with van der Waals surface area (Å²) in [6, 6.07) is 20.8. The van der Waals surface area contributed by atoms with Gasteiger partial charge < -0.3 is 9.47 Å². The summed E-state index contributed by atoms with van der Waals surface area (Å²) >= 11 is 1.21. The van der Waals surface area contributed by atoms with Crippen LogP contribution in [0.15, 0.2) is 83.1 Å². The van der Waals surface area contributed by atoms with Crippen LogP contribution in [0.25, 0.3) is 17.1 Å². The Bertz CT molecular complexity index is 1450. The van der Waals surface area contributed by atoms with Crippen molar-refractivity contribution in [1.29, 1.82) is 0 Å². The number of aromatic nitrogens is 3. The number of carbonyl (C=O) groups excluding carboxylic acids is 1. The Labute approximate surface area is 222 Å². The topological polar surface area (TPSA) is 134 Å². The first kappa shape index (κ1) is 26.4. The summed E-state index contributed by atoms with van der Waals surface area (Å²) in [5.74, 6) is 1.73. The van der Waals surface area contributed by atoms with Gasteiger partial charge in [0.15, 0.2) is 11.0 Å². The Hall–Kier alpha value is -4.71. The maximum Gasteiger partial charge on any atom is 0.269 e. The minimum atomic E-state index is -0.472. The Balaban J connectivity index is 1.51. The number of non-ortho nitro benzene ring substituents is 1. The number of nitro benzene ring substituents is 1. The first-order chi connectivity index (χ1) is 18.4. The Morgan fingerprint density at radius 3 is 2.16 bits per heavy atom. The maximum absolute atomic E-state index is 12.6. The predicted molar refractivity (Wildman–Crippen MR) is 144 cm³/mol. The molecule has 0 bridgehead atoms. The van der Waals surface area contributed by atoms with Crippen molar-refractivity contribution in [3.63, 3.8) is 0 Å². The van der Waals surface area contributed by atoms with E-state index in [2.05, 4.69) is 20.7 Å². The second kappa shape index (κ2) is 12.0. The van der Waals surface area contributed by atoms with Crippen molar-refractivity contribution in [1.82, 2.24) is 20.2 Å². The molecule has 0 aliphatic carbocycles. The zero-order chi connectivity index (χ0) is 27.1. The average Bonchev–Trinajstić information content (AvgIpc) is 3.38. The molecule has 0 aliphatic rings. The molecule has 1 amide bonds. The molecule has 0 unspecified atom stereocenters. The van der Waals surface area contributed by atoms with Crippen LogP contribution in [0.4, 0.5) is 5.69 Å². The Morgan fingerprint density at radius 2 is 1.58 bits per heavy atom. The number of benzene rings is 3. The lowest BCUT2D eigenvalue weighted by atomic mass is 10.1. The van der Waals surface area contributed by atoms with Crippen molar-refractivity contribution in [2.24, 2.45) is 5.10 Å². The van der Waals surface area contributed by atoms with Crippen LogP contribution in [0.2, 0.25) is 0 Å². The largest absolute Gasteiger partial charge is 0.497 e. The zero-order valence-corrected chi connectivity index (χ0v) is 21.6. The van der Waals surface area contributed by atoms with Gasteiger partial charge in [-0.2, -0.15) is 5.10 Å². The van der Waals surface area contributed by atoms with E-state index in [0.717, 1.165) is 17.0 Å². The van der Waals surface area contributed by atoms with Crippen molar-refractivity contribution in [3.8, 4) is 28.6 Å². The van der Waals surface area contributed by atoms with Gasteiger partial charge in [0.1, 0.15) is 11.5 Å². The van der Waals surface area contributed by atoms with Crippen molar-refractivity contribution >= 4 is 29.1 Å². The molecule has 4 rings (SSSR count). The van der Waals surface area contributed by atoms with Gasteiger partial charge in [-0.3, -0.25) is 19.5 Å². The average molecular weight is 533 g/mol. The fraction of sp³-hybridized carbons (Fsp3) is 0.154. The van der Waals surface area contributed by atoms with Crippen LogP contribution in [-0.4, -0.2) is 51.3 Å². The van der Waals surface area contributed by atoms with Gasteiger partial charge >= 0.3 is 0 Å². The van der Waals surface area contributed by atoms with Crippen LogP contribution in [-0.2, 0) is 4.79 Å². The molecule has 1 N–H and O–H groups in total. The van der Waals surface area contributed by atoms with Crippen LogP contribution < -0.4 is 14.9 Å². The number of hydrazone groups is 1. The lowest BCUT2D eigenvalue weighted by molar-refractivity contribution is -0.384. The molecule has 12 heteroatoms. The molecule has 0 atom stereocenters. The van der Waals surface area contributed by atoms with Crippen LogP contribution in [0.1, 0.15) is 12.5 Å². The number of nitro groups is 1. The maximum atomic E-state index is 12.6. The second-order valence-corrected chi connectivity index (χ2v) is 8.84. The summed E-state index contributed by atoms with van der Waals surface area (Å²) in [6.07, 6.45) is 0. The molecular weight excluding hydrogens is 508 g/mol. The van der Waals surface area contributed by atoms with Crippen molar-refractivity contribution < 1.29 is 19.2 Å². The number of carbonyl (C=O) groups is 1. The van der Waals surface area contributed by atoms with Gasteiger partial charge in [-0.05, 0) is 73.2 Å². The number of ether oxygens (including phenoxy) is 2. The number of hydrogen-bond acceptors (Lipinski definition) is 9. The molecule has 194 valence electrons. The van der Waals surface area contributed by atoms with Gasteiger partial charge in [0.05, 0.1) is 30.6 Å². The number of methoxy groups -OCH3 is 2. The number of hydrogen-bond donors (Lipinski definition) is 1. The number of amides is 1. The lowest BCUT2D eigenvalue weighted by Gasteiger charge is -2.11. The third kappa shape index (κ3) is 6.16. The first-order valence-electron chi connectivity index (χ1n) is 11.3. The molecule has 1 heterocycles. The molecule has 0 aliphatic heterocycles. The molecule has 11 nitrogen and oxygen atoms in total. The molecule has 1 aromatic heterocycles. The molecule has 0 spiro atoms. The van der Waals surface area contributed by atoms with E-state index in [1.165, 1.54) is 23.9 Å². The van der Waals surface area contributed by atoms with Gasteiger partial charge in [-0.25, -0.2) is 5.43 Å². The molecule has 0 saturated heterocycles. The van der Waals surface area contributed by atoms with Crippen LogP contribution >= 0.6 is 11.8 Å². The van der Waals surface area contributed by atoms with Crippen molar-refractivity contribution in [2.45, 2.75) is 12.1 Å². The highest BCUT2D eigenvalue weighted by molar-refractivity contribution is 7.99. The van der Waals surface area contributed by atoms with Crippen LogP contribution in [0.3, 0.4) is 0 Å². The minimum absolute atomic E-state index is 0.0167. The normalized spacial score (nSPS) is 11.2. The third-order valence-electron chi connectivity index (χ3n) is 5.49. The van der Waals surface area contributed by atoms with E-state index in [1.807, 2.05) is 53.1 Å². The van der Waals surface area contributed by atoms with Gasteiger partial charge in [0, 0.05) is 23.4 Å². The van der Waals surface area contributed by atoms with Gasteiger partial charge in [0.2, 0.25) is 0 Å². The Kier molecular flexibility index (Phi) is 8.34. The highest BCUT2D eigenvalue weighted by Crippen LogP contribution is 2.29. The summed E-state index contributed by atoms with van der Waals surface area (Å²) < 4.78 is 12.4. The standard InChI is InChI=1S/C26H24N6O5S/c1-17(18-4-8-21(9-5-18)32(34)35)27-28-24(33)16-38-26-30-29-25(19-6-12-22(36-2)13-7-19)31(26)20-10-14-23(37-3)15-11-20/h4-15H,16H2,1-3H3,(H,28,33). The molecule has 38 heavy (non-hydrogen) atoms. The fourth-order valence-corrected chi connectivity index (χ4v) is 4.20. The molecule has 4 aromatic rings.